The standard InChI is InChI=1S/C30H44N4O6/c1-21(25-10-7-15-31-32-25)8-6-9-22(2)28-23(3)11-12-26(39-29(37)34-18-16-33(5)17-19-34)30(4,38)14-13-24(35)20-27(36)40-28/h6-12,15,21,23-24,26,28,35,38H,13-14,16-20H2,1-5H3/b8-6+,12-11+,22-9+/t21?,23-,24+,26-,28+,30+/m0/s1. The number of likely N-dealkylation sites (N-methyl/N-ethyl adjacent to an activating group) is 1. The number of aliphatic hydroxyl groups excluding tert-OH is 1. The van der Waals surface area contributed by atoms with Gasteiger partial charge in [-0.3, -0.25) is 4.79 Å². The molecular weight excluding hydrogens is 512 g/mol. The molecule has 0 spiro atoms. The van der Waals surface area contributed by atoms with E-state index in [0.717, 1.165) is 24.4 Å². The van der Waals surface area contributed by atoms with Crippen molar-refractivity contribution < 1.29 is 29.3 Å². The van der Waals surface area contributed by atoms with Gasteiger partial charge in [0.1, 0.15) is 11.7 Å². The first-order valence-electron chi connectivity index (χ1n) is 14.0. The van der Waals surface area contributed by atoms with E-state index in [9.17, 15) is 19.8 Å². The molecular formula is C30H44N4O6. The molecule has 2 N–H and O–H groups in total. The number of ether oxygens (including phenoxy) is 2. The topological polar surface area (TPSA) is 125 Å². The van der Waals surface area contributed by atoms with E-state index in [2.05, 4.69) is 15.1 Å². The first kappa shape index (κ1) is 31.4. The minimum atomic E-state index is -1.44. The average Bonchev–Trinajstić information content (AvgIpc) is 2.92. The van der Waals surface area contributed by atoms with Crippen molar-refractivity contribution in [1.82, 2.24) is 20.0 Å². The number of amides is 1. The maximum absolute atomic E-state index is 13.0. The molecule has 3 heterocycles. The van der Waals surface area contributed by atoms with Crippen LogP contribution in [0.1, 0.15) is 58.6 Å². The molecule has 40 heavy (non-hydrogen) atoms. The Morgan fingerprint density at radius 2 is 2.00 bits per heavy atom. The van der Waals surface area contributed by atoms with Crippen LogP contribution in [0.2, 0.25) is 0 Å². The SMILES string of the molecule is C/C(=C\C=C\C(C)c1cccnn1)[C@H]1OC(=O)C[C@H](O)CC[C@@](C)(O)[C@@H](OC(=O)N2CCN(C)CC2)/C=C/[C@@H]1C. The zero-order valence-electron chi connectivity index (χ0n) is 24.3. The fourth-order valence-corrected chi connectivity index (χ4v) is 4.75. The molecule has 10 heteroatoms. The minimum absolute atomic E-state index is 0.0436. The quantitative estimate of drug-likeness (QED) is 0.319. The zero-order chi connectivity index (χ0) is 29.3. The summed E-state index contributed by atoms with van der Waals surface area (Å²) < 4.78 is 11.7. The predicted octanol–water partition coefficient (Wildman–Crippen LogP) is 3.24. The van der Waals surface area contributed by atoms with E-state index >= 15 is 0 Å². The fourth-order valence-electron chi connectivity index (χ4n) is 4.75. The number of carbonyl (C=O) groups is 2. The molecule has 0 radical (unpaired) electrons. The molecule has 1 saturated heterocycles. The first-order chi connectivity index (χ1) is 19.0. The van der Waals surface area contributed by atoms with Gasteiger partial charge in [-0.05, 0) is 57.5 Å². The number of hydrogen-bond acceptors (Lipinski definition) is 9. The lowest BCUT2D eigenvalue weighted by molar-refractivity contribution is -0.151. The maximum atomic E-state index is 13.0. The summed E-state index contributed by atoms with van der Waals surface area (Å²) in [6.45, 7) is 9.98. The van der Waals surface area contributed by atoms with Crippen molar-refractivity contribution in [3.8, 4) is 0 Å². The van der Waals surface area contributed by atoms with Crippen molar-refractivity contribution in [2.45, 2.75) is 76.8 Å². The molecule has 1 aromatic rings. The molecule has 2 aliphatic heterocycles. The Morgan fingerprint density at radius 1 is 1.27 bits per heavy atom. The number of nitrogens with zero attached hydrogens (tertiary/aromatic N) is 4. The Balaban J connectivity index is 1.81. The van der Waals surface area contributed by atoms with Crippen LogP contribution in [0.25, 0.3) is 0 Å². The highest BCUT2D eigenvalue weighted by Crippen LogP contribution is 2.27. The van der Waals surface area contributed by atoms with Crippen LogP contribution < -0.4 is 0 Å². The third-order valence-electron chi connectivity index (χ3n) is 7.58. The number of esters is 1. The molecule has 1 amide bonds. The molecule has 6 atom stereocenters. The Morgan fingerprint density at radius 3 is 2.67 bits per heavy atom. The fraction of sp³-hybridized carbons (Fsp3) is 0.600. The van der Waals surface area contributed by atoms with Crippen LogP contribution in [0.5, 0.6) is 0 Å². The van der Waals surface area contributed by atoms with Gasteiger partial charge in [-0.25, -0.2) is 4.79 Å². The van der Waals surface area contributed by atoms with E-state index in [4.69, 9.17) is 9.47 Å². The van der Waals surface area contributed by atoms with Gasteiger partial charge in [-0.15, -0.1) is 0 Å². The van der Waals surface area contributed by atoms with E-state index in [1.54, 1.807) is 24.1 Å². The van der Waals surface area contributed by atoms with E-state index in [0.29, 0.717) is 13.1 Å². The largest absolute Gasteiger partial charge is 0.457 e. The summed E-state index contributed by atoms with van der Waals surface area (Å²) in [6.07, 6.45) is 7.94. The molecule has 0 saturated carbocycles. The van der Waals surface area contributed by atoms with Crippen LogP contribution in [0, 0.1) is 5.92 Å². The van der Waals surface area contributed by atoms with Crippen molar-refractivity contribution >= 4 is 12.1 Å². The summed E-state index contributed by atoms with van der Waals surface area (Å²) >= 11 is 0. The smallest absolute Gasteiger partial charge is 0.410 e. The van der Waals surface area contributed by atoms with Crippen LogP contribution in [0.4, 0.5) is 4.79 Å². The van der Waals surface area contributed by atoms with E-state index in [-0.39, 0.29) is 31.1 Å². The maximum Gasteiger partial charge on any atom is 0.410 e. The van der Waals surface area contributed by atoms with Crippen LogP contribution in [0.3, 0.4) is 0 Å². The lowest BCUT2D eigenvalue weighted by Crippen LogP contribution is -2.50. The van der Waals surface area contributed by atoms with Gasteiger partial charge in [0.15, 0.2) is 6.10 Å². The molecule has 0 bridgehead atoms. The number of allylic oxidation sites excluding steroid dienone is 3. The second kappa shape index (κ2) is 14.5. The molecule has 220 valence electrons. The predicted molar refractivity (Wildman–Crippen MR) is 151 cm³/mol. The first-order valence-corrected chi connectivity index (χ1v) is 14.0. The van der Waals surface area contributed by atoms with Crippen LogP contribution in [-0.4, -0.2) is 99.4 Å². The molecule has 1 fully saturated rings. The zero-order valence-corrected chi connectivity index (χ0v) is 24.3. The molecule has 3 rings (SSSR count). The van der Waals surface area contributed by atoms with Gasteiger partial charge in [0.05, 0.1) is 18.2 Å². The summed E-state index contributed by atoms with van der Waals surface area (Å²) in [7, 11) is 2.00. The van der Waals surface area contributed by atoms with E-state index in [1.807, 2.05) is 64.3 Å². The Kier molecular flexibility index (Phi) is 11.4. The molecule has 1 unspecified atom stereocenters. The van der Waals surface area contributed by atoms with Gasteiger partial charge in [0, 0.05) is 44.2 Å². The van der Waals surface area contributed by atoms with Crippen LogP contribution >= 0.6 is 0 Å². The molecule has 10 nitrogen and oxygen atoms in total. The number of aliphatic hydroxyl groups is 2. The second-order valence-electron chi connectivity index (χ2n) is 11.2. The lowest BCUT2D eigenvalue weighted by atomic mass is 9.88. The third-order valence-corrected chi connectivity index (χ3v) is 7.58. The van der Waals surface area contributed by atoms with Crippen molar-refractivity contribution in [2.75, 3.05) is 33.2 Å². The highest BCUT2D eigenvalue weighted by atomic mass is 16.6. The molecule has 2 aliphatic rings. The second-order valence-corrected chi connectivity index (χ2v) is 11.2. The number of piperazine rings is 1. The van der Waals surface area contributed by atoms with Gasteiger partial charge in [-0.1, -0.05) is 38.2 Å². The Bertz CT molecular complexity index is 1070. The summed E-state index contributed by atoms with van der Waals surface area (Å²) in [5.74, 6) is -0.772. The Hall–Kier alpha value is -3.08. The van der Waals surface area contributed by atoms with Gasteiger partial charge >= 0.3 is 12.1 Å². The highest BCUT2D eigenvalue weighted by molar-refractivity contribution is 5.70. The number of aromatic nitrogens is 2. The van der Waals surface area contributed by atoms with Crippen molar-refractivity contribution in [1.29, 1.82) is 0 Å². The van der Waals surface area contributed by atoms with Crippen molar-refractivity contribution in [3.63, 3.8) is 0 Å². The molecule has 1 aromatic heterocycles. The van der Waals surface area contributed by atoms with Crippen molar-refractivity contribution in [2.24, 2.45) is 5.92 Å². The molecule has 0 aromatic carbocycles. The lowest BCUT2D eigenvalue weighted by Gasteiger charge is -2.36. The number of hydrogen-bond donors (Lipinski definition) is 2. The number of rotatable bonds is 5. The summed E-state index contributed by atoms with van der Waals surface area (Å²) in [5.41, 5.74) is 0.205. The Labute approximate surface area is 237 Å². The normalized spacial score (nSPS) is 31.1. The minimum Gasteiger partial charge on any atom is -0.457 e. The van der Waals surface area contributed by atoms with E-state index in [1.165, 1.54) is 0 Å². The average molecular weight is 557 g/mol. The summed E-state index contributed by atoms with van der Waals surface area (Å²) in [6, 6.07) is 3.75. The summed E-state index contributed by atoms with van der Waals surface area (Å²) in [4.78, 5) is 29.5. The third kappa shape index (κ3) is 9.25. The number of cyclic esters (lactones) is 1. The van der Waals surface area contributed by atoms with Gasteiger partial charge in [0.2, 0.25) is 0 Å². The van der Waals surface area contributed by atoms with Gasteiger partial charge < -0.3 is 29.5 Å². The highest BCUT2D eigenvalue weighted by Gasteiger charge is 2.36. The van der Waals surface area contributed by atoms with Gasteiger partial charge in [0.25, 0.3) is 0 Å². The molecule has 0 aliphatic carbocycles. The van der Waals surface area contributed by atoms with Crippen LogP contribution in [0.15, 0.2) is 54.3 Å². The van der Waals surface area contributed by atoms with Crippen LogP contribution in [-0.2, 0) is 14.3 Å². The summed E-state index contributed by atoms with van der Waals surface area (Å²) in [5, 5.41) is 29.9. The van der Waals surface area contributed by atoms with Gasteiger partial charge in [-0.2, -0.15) is 10.2 Å². The van der Waals surface area contributed by atoms with E-state index < -0.39 is 36.0 Å². The van der Waals surface area contributed by atoms with Crippen molar-refractivity contribution in [3.05, 3.63) is 60.0 Å². The number of carbonyl (C=O) groups excluding carboxylic acids is 2. The monoisotopic (exact) mass is 556 g/mol.